The van der Waals surface area contributed by atoms with Crippen LogP contribution in [-0.4, -0.2) is 11.1 Å². The Morgan fingerprint density at radius 1 is 1.33 bits per heavy atom. The van der Waals surface area contributed by atoms with Gasteiger partial charge in [0.25, 0.3) is 0 Å². The average Bonchev–Trinajstić information content (AvgIpc) is 2.90. The highest BCUT2D eigenvalue weighted by molar-refractivity contribution is 5.38. The van der Waals surface area contributed by atoms with Gasteiger partial charge in [0.15, 0.2) is 0 Å². The van der Waals surface area contributed by atoms with Gasteiger partial charge in [0.1, 0.15) is 5.75 Å². The Kier molecular flexibility index (Phi) is 2.45. The van der Waals surface area contributed by atoms with E-state index < -0.39 is 0 Å². The van der Waals surface area contributed by atoms with Crippen molar-refractivity contribution in [2.24, 2.45) is 0 Å². The Morgan fingerprint density at radius 2 is 2.00 bits per heavy atom. The van der Waals surface area contributed by atoms with Crippen LogP contribution in [0.15, 0.2) is 12.3 Å². The van der Waals surface area contributed by atoms with Crippen molar-refractivity contribution in [3.8, 4) is 5.75 Å². The van der Waals surface area contributed by atoms with Crippen LogP contribution in [-0.2, 0) is 5.41 Å². The fourth-order valence-electron chi connectivity index (χ4n) is 1.77. The summed E-state index contributed by atoms with van der Waals surface area (Å²) >= 11 is 0. The summed E-state index contributed by atoms with van der Waals surface area (Å²) < 4.78 is 5.85. The first-order valence-corrected chi connectivity index (χ1v) is 5.61. The average molecular weight is 205 g/mol. The van der Waals surface area contributed by atoms with Gasteiger partial charge >= 0.3 is 0 Å². The van der Waals surface area contributed by atoms with Crippen LogP contribution in [0.2, 0.25) is 0 Å². The van der Waals surface area contributed by atoms with E-state index in [-0.39, 0.29) is 5.41 Å². The highest BCUT2D eigenvalue weighted by Crippen LogP contribution is 2.33. The molecule has 1 aromatic heterocycles. The van der Waals surface area contributed by atoms with Gasteiger partial charge in [-0.05, 0) is 25.8 Å². The molecule has 0 unspecified atom stereocenters. The van der Waals surface area contributed by atoms with E-state index in [4.69, 9.17) is 4.74 Å². The molecular formula is C13H19NO. The quantitative estimate of drug-likeness (QED) is 0.739. The minimum absolute atomic E-state index is 0.0903. The third-order valence-corrected chi connectivity index (χ3v) is 2.68. The number of pyridine rings is 1. The van der Waals surface area contributed by atoms with Gasteiger partial charge in [-0.3, -0.25) is 4.98 Å². The Morgan fingerprint density at radius 3 is 2.53 bits per heavy atom. The van der Waals surface area contributed by atoms with Crippen LogP contribution in [0.5, 0.6) is 5.75 Å². The van der Waals surface area contributed by atoms with Gasteiger partial charge in [-0.2, -0.15) is 0 Å². The van der Waals surface area contributed by atoms with Crippen LogP contribution in [0.25, 0.3) is 0 Å². The van der Waals surface area contributed by atoms with E-state index >= 15 is 0 Å². The number of ether oxygens (including phenoxy) is 1. The number of rotatable bonds is 2. The summed E-state index contributed by atoms with van der Waals surface area (Å²) in [5.41, 5.74) is 2.42. The Hall–Kier alpha value is -1.05. The second-order valence-electron chi connectivity index (χ2n) is 5.35. The molecule has 2 rings (SSSR count). The standard InChI is InChI=1S/C13H19NO/c1-9-11(15-10-5-6-10)7-8-14-12(9)13(2,3)4/h7-8,10H,5-6H2,1-4H3. The molecule has 2 nitrogen and oxygen atoms in total. The second-order valence-corrected chi connectivity index (χ2v) is 5.35. The first-order chi connectivity index (χ1) is 6.98. The molecule has 82 valence electrons. The van der Waals surface area contributed by atoms with Gasteiger partial charge in [-0.1, -0.05) is 20.8 Å². The van der Waals surface area contributed by atoms with Gasteiger partial charge in [0.2, 0.25) is 0 Å². The summed E-state index contributed by atoms with van der Waals surface area (Å²) in [5, 5.41) is 0. The Balaban J connectivity index is 2.31. The van der Waals surface area contributed by atoms with Crippen LogP contribution in [0.3, 0.4) is 0 Å². The van der Waals surface area contributed by atoms with Crippen molar-refractivity contribution in [2.45, 2.75) is 52.1 Å². The van der Waals surface area contributed by atoms with Crippen molar-refractivity contribution in [1.29, 1.82) is 0 Å². The maximum Gasteiger partial charge on any atom is 0.125 e. The first kappa shape index (κ1) is 10.5. The fourth-order valence-corrected chi connectivity index (χ4v) is 1.77. The summed E-state index contributed by atoms with van der Waals surface area (Å²) in [6, 6.07) is 1.98. The molecule has 0 atom stereocenters. The zero-order valence-corrected chi connectivity index (χ0v) is 10.0. The minimum Gasteiger partial charge on any atom is -0.490 e. The minimum atomic E-state index is 0.0903. The highest BCUT2D eigenvalue weighted by Gasteiger charge is 2.26. The third-order valence-electron chi connectivity index (χ3n) is 2.68. The predicted molar refractivity (Wildman–Crippen MR) is 61.3 cm³/mol. The second kappa shape index (κ2) is 3.51. The number of hydrogen-bond acceptors (Lipinski definition) is 2. The van der Waals surface area contributed by atoms with Crippen LogP contribution in [0.1, 0.15) is 44.9 Å². The van der Waals surface area contributed by atoms with Crippen molar-refractivity contribution in [2.75, 3.05) is 0 Å². The Labute approximate surface area is 91.7 Å². The van der Waals surface area contributed by atoms with Gasteiger partial charge < -0.3 is 4.74 Å². The van der Waals surface area contributed by atoms with E-state index in [1.165, 1.54) is 18.4 Å². The van der Waals surface area contributed by atoms with E-state index in [9.17, 15) is 0 Å². The fraction of sp³-hybridized carbons (Fsp3) is 0.615. The molecule has 0 radical (unpaired) electrons. The Bertz CT molecular complexity index is 361. The molecule has 1 saturated carbocycles. The number of aromatic nitrogens is 1. The van der Waals surface area contributed by atoms with E-state index in [1.807, 2.05) is 12.3 Å². The zero-order chi connectivity index (χ0) is 11.1. The maximum absolute atomic E-state index is 5.85. The molecule has 1 aliphatic rings. The molecule has 0 bridgehead atoms. The van der Waals surface area contributed by atoms with Gasteiger partial charge in [0, 0.05) is 17.2 Å². The van der Waals surface area contributed by atoms with Crippen LogP contribution >= 0.6 is 0 Å². The molecule has 0 aliphatic heterocycles. The van der Waals surface area contributed by atoms with Crippen molar-refractivity contribution < 1.29 is 4.74 Å². The van der Waals surface area contributed by atoms with Gasteiger partial charge in [-0.15, -0.1) is 0 Å². The molecule has 2 heteroatoms. The van der Waals surface area contributed by atoms with Crippen molar-refractivity contribution in [3.05, 3.63) is 23.5 Å². The summed E-state index contributed by atoms with van der Waals surface area (Å²) in [6.45, 7) is 8.65. The monoisotopic (exact) mass is 205 g/mol. The summed E-state index contributed by atoms with van der Waals surface area (Å²) in [7, 11) is 0. The summed E-state index contributed by atoms with van der Waals surface area (Å²) in [5.74, 6) is 1.01. The molecular weight excluding hydrogens is 186 g/mol. The topological polar surface area (TPSA) is 22.1 Å². The van der Waals surface area contributed by atoms with Crippen molar-refractivity contribution in [1.82, 2.24) is 4.98 Å². The first-order valence-electron chi connectivity index (χ1n) is 5.61. The van der Waals surface area contributed by atoms with E-state index in [0.717, 1.165) is 11.4 Å². The van der Waals surface area contributed by atoms with Crippen LogP contribution in [0.4, 0.5) is 0 Å². The zero-order valence-electron chi connectivity index (χ0n) is 10.0. The molecule has 0 saturated heterocycles. The summed E-state index contributed by atoms with van der Waals surface area (Å²) in [6.07, 6.45) is 4.71. The molecule has 1 aromatic rings. The normalized spacial score (nSPS) is 16.5. The van der Waals surface area contributed by atoms with Gasteiger partial charge in [0.05, 0.1) is 11.8 Å². The largest absolute Gasteiger partial charge is 0.490 e. The molecule has 1 aliphatic carbocycles. The van der Waals surface area contributed by atoms with Crippen LogP contribution < -0.4 is 4.74 Å². The molecule has 1 heterocycles. The number of hydrogen-bond donors (Lipinski definition) is 0. The molecule has 0 N–H and O–H groups in total. The lowest BCUT2D eigenvalue weighted by Crippen LogP contribution is -2.16. The van der Waals surface area contributed by atoms with Gasteiger partial charge in [-0.25, -0.2) is 0 Å². The molecule has 0 amide bonds. The molecule has 0 aromatic carbocycles. The number of nitrogens with zero attached hydrogens (tertiary/aromatic N) is 1. The lowest BCUT2D eigenvalue weighted by Gasteiger charge is -2.21. The third kappa shape index (κ3) is 2.31. The SMILES string of the molecule is Cc1c(OC2CC2)ccnc1C(C)(C)C. The smallest absolute Gasteiger partial charge is 0.125 e. The van der Waals surface area contributed by atoms with Crippen molar-refractivity contribution >= 4 is 0 Å². The predicted octanol–water partition coefficient (Wildman–Crippen LogP) is 3.23. The van der Waals surface area contributed by atoms with Crippen LogP contribution in [0, 0.1) is 6.92 Å². The lowest BCUT2D eigenvalue weighted by atomic mass is 9.88. The maximum atomic E-state index is 5.85. The van der Waals surface area contributed by atoms with E-state index in [2.05, 4.69) is 32.7 Å². The highest BCUT2D eigenvalue weighted by atomic mass is 16.5. The molecule has 15 heavy (non-hydrogen) atoms. The van der Waals surface area contributed by atoms with E-state index in [0.29, 0.717) is 6.10 Å². The lowest BCUT2D eigenvalue weighted by molar-refractivity contribution is 0.299. The van der Waals surface area contributed by atoms with Crippen molar-refractivity contribution in [3.63, 3.8) is 0 Å². The van der Waals surface area contributed by atoms with E-state index in [1.54, 1.807) is 0 Å². The molecule has 1 fully saturated rings. The molecule has 0 spiro atoms. The summed E-state index contributed by atoms with van der Waals surface area (Å²) in [4.78, 5) is 4.46.